The van der Waals surface area contributed by atoms with Gasteiger partial charge in [0.15, 0.2) is 5.78 Å². The number of carbonyl (C=O) groups is 1. The maximum atomic E-state index is 12.4. The van der Waals surface area contributed by atoms with E-state index in [0.717, 1.165) is 10.4 Å². The highest BCUT2D eigenvalue weighted by molar-refractivity contribution is 7.10. The molecule has 4 heteroatoms. The number of benzene rings is 1. The summed E-state index contributed by atoms with van der Waals surface area (Å²) in [7, 11) is 3.14. The zero-order valence-electron chi connectivity index (χ0n) is 10.5. The lowest BCUT2D eigenvalue weighted by atomic mass is 10.0. The van der Waals surface area contributed by atoms with Crippen LogP contribution in [0.3, 0.4) is 0 Å². The maximum Gasteiger partial charge on any atom is 0.194 e. The van der Waals surface area contributed by atoms with Crippen molar-refractivity contribution in [2.75, 3.05) is 14.2 Å². The molecule has 2 aromatic rings. The lowest BCUT2D eigenvalue weighted by molar-refractivity contribution is 0.103. The standard InChI is InChI=1S/C14H14O3S/c1-9-13(4-5-18-9)14(15)10-6-11(16-2)8-12(7-10)17-3/h4-8H,1-3H3. The van der Waals surface area contributed by atoms with E-state index in [-0.39, 0.29) is 5.78 Å². The van der Waals surface area contributed by atoms with Gasteiger partial charge >= 0.3 is 0 Å². The van der Waals surface area contributed by atoms with Gasteiger partial charge in [0.1, 0.15) is 11.5 Å². The molecular formula is C14H14O3S. The highest BCUT2D eigenvalue weighted by Gasteiger charge is 2.14. The van der Waals surface area contributed by atoms with Crippen LogP contribution in [0, 0.1) is 6.92 Å². The molecule has 0 fully saturated rings. The Balaban J connectivity index is 2.44. The van der Waals surface area contributed by atoms with Crippen LogP contribution in [-0.2, 0) is 0 Å². The third-order valence-corrected chi connectivity index (χ3v) is 3.56. The van der Waals surface area contributed by atoms with Crippen LogP contribution in [0.5, 0.6) is 11.5 Å². The second-order valence-electron chi connectivity index (χ2n) is 3.82. The molecular weight excluding hydrogens is 248 g/mol. The number of carbonyl (C=O) groups excluding carboxylic acids is 1. The minimum absolute atomic E-state index is 0.00838. The van der Waals surface area contributed by atoms with Gasteiger partial charge < -0.3 is 9.47 Å². The zero-order valence-corrected chi connectivity index (χ0v) is 11.3. The van der Waals surface area contributed by atoms with Crippen LogP contribution >= 0.6 is 11.3 Å². The molecule has 0 radical (unpaired) electrons. The molecule has 0 atom stereocenters. The van der Waals surface area contributed by atoms with Crippen LogP contribution in [-0.4, -0.2) is 20.0 Å². The second-order valence-corrected chi connectivity index (χ2v) is 4.94. The molecule has 1 aromatic carbocycles. The maximum absolute atomic E-state index is 12.4. The van der Waals surface area contributed by atoms with Gasteiger partial charge in [0, 0.05) is 22.1 Å². The smallest absolute Gasteiger partial charge is 0.194 e. The highest BCUT2D eigenvalue weighted by Crippen LogP contribution is 2.26. The molecule has 1 heterocycles. The van der Waals surface area contributed by atoms with Crippen molar-refractivity contribution in [2.45, 2.75) is 6.92 Å². The minimum atomic E-state index is -0.00838. The fourth-order valence-corrected chi connectivity index (χ4v) is 2.41. The van der Waals surface area contributed by atoms with Gasteiger partial charge in [-0.2, -0.15) is 0 Å². The van der Waals surface area contributed by atoms with Crippen LogP contribution < -0.4 is 9.47 Å². The van der Waals surface area contributed by atoms with Gasteiger partial charge in [0.25, 0.3) is 0 Å². The van der Waals surface area contributed by atoms with Crippen molar-refractivity contribution in [2.24, 2.45) is 0 Å². The van der Waals surface area contributed by atoms with E-state index in [4.69, 9.17) is 9.47 Å². The normalized spacial score (nSPS) is 10.2. The van der Waals surface area contributed by atoms with Crippen molar-refractivity contribution in [3.63, 3.8) is 0 Å². The van der Waals surface area contributed by atoms with Crippen molar-refractivity contribution in [1.82, 2.24) is 0 Å². The Morgan fingerprint density at radius 1 is 1.11 bits per heavy atom. The third-order valence-electron chi connectivity index (χ3n) is 2.72. The SMILES string of the molecule is COc1cc(OC)cc(C(=O)c2ccsc2C)c1. The lowest BCUT2D eigenvalue weighted by Gasteiger charge is -2.07. The number of thiophene rings is 1. The van der Waals surface area contributed by atoms with E-state index in [1.165, 1.54) is 0 Å². The molecule has 0 saturated carbocycles. The first-order valence-electron chi connectivity index (χ1n) is 5.47. The molecule has 0 aliphatic rings. The monoisotopic (exact) mass is 262 g/mol. The van der Waals surface area contributed by atoms with E-state index >= 15 is 0 Å². The Morgan fingerprint density at radius 3 is 2.17 bits per heavy atom. The van der Waals surface area contributed by atoms with Gasteiger partial charge in [0.2, 0.25) is 0 Å². The molecule has 0 saturated heterocycles. The first-order chi connectivity index (χ1) is 8.65. The minimum Gasteiger partial charge on any atom is -0.497 e. The average Bonchev–Trinajstić information content (AvgIpc) is 2.83. The summed E-state index contributed by atoms with van der Waals surface area (Å²) in [5.74, 6) is 1.22. The van der Waals surface area contributed by atoms with Gasteiger partial charge in [-0.1, -0.05) is 0 Å². The molecule has 0 aliphatic heterocycles. The Labute approximate surface area is 110 Å². The summed E-state index contributed by atoms with van der Waals surface area (Å²) in [5.41, 5.74) is 1.31. The first-order valence-corrected chi connectivity index (χ1v) is 6.35. The largest absolute Gasteiger partial charge is 0.497 e. The molecule has 0 spiro atoms. The molecule has 0 N–H and O–H groups in total. The van der Waals surface area contributed by atoms with Crippen LogP contribution in [0.1, 0.15) is 20.8 Å². The number of methoxy groups -OCH3 is 2. The van der Waals surface area contributed by atoms with E-state index in [0.29, 0.717) is 17.1 Å². The van der Waals surface area contributed by atoms with E-state index in [1.807, 2.05) is 18.4 Å². The predicted molar refractivity (Wildman–Crippen MR) is 72.0 cm³/mol. The van der Waals surface area contributed by atoms with E-state index in [2.05, 4.69) is 0 Å². The van der Waals surface area contributed by atoms with Crippen LogP contribution in [0.4, 0.5) is 0 Å². The van der Waals surface area contributed by atoms with Gasteiger partial charge in [-0.15, -0.1) is 11.3 Å². The summed E-state index contributed by atoms with van der Waals surface area (Å²) in [6, 6.07) is 7.04. The van der Waals surface area contributed by atoms with Gasteiger partial charge in [-0.3, -0.25) is 4.79 Å². The molecule has 1 aromatic heterocycles. The fraction of sp³-hybridized carbons (Fsp3) is 0.214. The predicted octanol–water partition coefficient (Wildman–Crippen LogP) is 3.30. The fourth-order valence-electron chi connectivity index (χ4n) is 1.71. The van der Waals surface area contributed by atoms with Gasteiger partial charge in [-0.05, 0) is 30.5 Å². The summed E-state index contributed by atoms with van der Waals surface area (Å²) >= 11 is 1.56. The highest BCUT2D eigenvalue weighted by atomic mass is 32.1. The topological polar surface area (TPSA) is 35.5 Å². The van der Waals surface area contributed by atoms with Crippen LogP contribution in [0.2, 0.25) is 0 Å². The molecule has 0 bridgehead atoms. The summed E-state index contributed by atoms with van der Waals surface area (Å²) in [5, 5.41) is 1.92. The molecule has 94 valence electrons. The van der Waals surface area contributed by atoms with Crippen molar-refractivity contribution in [3.05, 3.63) is 45.6 Å². The summed E-state index contributed by atoms with van der Waals surface area (Å²) in [6.45, 7) is 1.94. The number of ether oxygens (including phenoxy) is 2. The lowest BCUT2D eigenvalue weighted by Crippen LogP contribution is -2.02. The summed E-state index contributed by atoms with van der Waals surface area (Å²) < 4.78 is 10.3. The molecule has 18 heavy (non-hydrogen) atoms. The Kier molecular flexibility index (Phi) is 3.67. The van der Waals surface area contributed by atoms with Crippen molar-refractivity contribution < 1.29 is 14.3 Å². The third kappa shape index (κ3) is 2.38. The van der Waals surface area contributed by atoms with Gasteiger partial charge in [-0.25, -0.2) is 0 Å². The number of ketones is 1. The zero-order chi connectivity index (χ0) is 13.1. The molecule has 3 nitrogen and oxygen atoms in total. The van der Waals surface area contributed by atoms with Crippen LogP contribution in [0.15, 0.2) is 29.6 Å². The van der Waals surface area contributed by atoms with E-state index in [9.17, 15) is 4.79 Å². The Bertz CT molecular complexity index is 550. The van der Waals surface area contributed by atoms with Crippen LogP contribution in [0.25, 0.3) is 0 Å². The number of hydrogen-bond acceptors (Lipinski definition) is 4. The van der Waals surface area contributed by atoms with Crippen molar-refractivity contribution >= 4 is 17.1 Å². The summed E-state index contributed by atoms with van der Waals surface area (Å²) in [6.07, 6.45) is 0. The molecule has 0 unspecified atom stereocenters. The van der Waals surface area contributed by atoms with Gasteiger partial charge in [0.05, 0.1) is 14.2 Å². The second kappa shape index (κ2) is 5.23. The molecule has 0 aliphatic carbocycles. The Hall–Kier alpha value is -1.81. The Morgan fingerprint density at radius 2 is 1.72 bits per heavy atom. The van der Waals surface area contributed by atoms with E-state index < -0.39 is 0 Å². The first kappa shape index (κ1) is 12.6. The van der Waals surface area contributed by atoms with Crippen molar-refractivity contribution in [3.8, 4) is 11.5 Å². The summed E-state index contributed by atoms with van der Waals surface area (Å²) in [4.78, 5) is 13.4. The molecule has 2 rings (SSSR count). The van der Waals surface area contributed by atoms with Crippen molar-refractivity contribution in [1.29, 1.82) is 0 Å². The molecule has 0 amide bonds. The van der Waals surface area contributed by atoms with E-state index in [1.54, 1.807) is 43.8 Å². The quantitative estimate of drug-likeness (QED) is 0.793. The number of aryl methyl sites for hydroxylation is 1. The number of hydrogen-bond donors (Lipinski definition) is 0. The number of rotatable bonds is 4. The average molecular weight is 262 g/mol.